The van der Waals surface area contributed by atoms with Crippen LogP contribution in [0.25, 0.3) is 0 Å². The summed E-state index contributed by atoms with van der Waals surface area (Å²) >= 11 is 6.53. The third kappa shape index (κ3) is 2.72. The van der Waals surface area contributed by atoms with Crippen LogP contribution < -0.4 is 0 Å². The van der Waals surface area contributed by atoms with E-state index in [0.29, 0.717) is 45.3 Å². The van der Waals surface area contributed by atoms with E-state index in [1.165, 1.54) is 57.8 Å². The lowest BCUT2D eigenvalue weighted by atomic mass is 9.32. The van der Waals surface area contributed by atoms with Crippen LogP contribution in [0.1, 0.15) is 119 Å². The molecule has 0 aromatic heterocycles. The minimum atomic E-state index is -0.247. The SMILES string of the molecule is CC1(C2CCC3(C(=O)Cl)CC[C@]4(C)[C@H](CC[C@@H]5[C@@]6(C)CCC(O)C(C)(C)[C@@H]6CC[C@]54C)[C@@H]23)CC1. The Morgan fingerprint density at radius 1 is 0.706 bits per heavy atom. The largest absolute Gasteiger partial charge is 0.393 e. The fraction of sp³-hybridized carbons (Fsp3) is 0.968. The van der Waals surface area contributed by atoms with Crippen LogP contribution in [0.3, 0.4) is 0 Å². The van der Waals surface area contributed by atoms with Crippen LogP contribution in [-0.2, 0) is 4.79 Å². The third-order valence-corrected chi connectivity index (χ3v) is 15.1. The molecule has 0 aliphatic heterocycles. The van der Waals surface area contributed by atoms with Crippen molar-refractivity contribution in [3.05, 3.63) is 0 Å². The lowest BCUT2D eigenvalue weighted by molar-refractivity contribution is -0.247. The highest BCUT2D eigenvalue weighted by Crippen LogP contribution is 2.79. The quantitative estimate of drug-likeness (QED) is 0.400. The Kier molecular flexibility index (Phi) is 5.04. The van der Waals surface area contributed by atoms with E-state index in [1.54, 1.807) is 0 Å². The molecule has 6 saturated carbocycles. The number of aliphatic hydroxyl groups is 1. The van der Waals surface area contributed by atoms with Crippen molar-refractivity contribution < 1.29 is 9.90 Å². The molecule has 0 aromatic rings. The van der Waals surface area contributed by atoms with Gasteiger partial charge in [-0.25, -0.2) is 0 Å². The Bertz CT molecular complexity index is 892. The summed E-state index contributed by atoms with van der Waals surface area (Å²) in [5, 5.41) is 10.9. The summed E-state index contributed by atoms with van der Waals surface area (Å²) < 4.78 is 0. The fourth-order valence-electron chi connectivity index (χ4n) is 12.3. The highest BCUT2D eigenvalue weighted by molar-refractivity contribution is 6.64. The van der Waals surface area contributed by atoms with E-state index in [0.717, 1.165) is 25.2 Å². The third-order valence-electron chi connectivity index (χ3n) is 14.7. The molecular formula is C31H49ClO2. The standard InChI is InChI=1S/C31H49ClO2/c1-26(2)21-10-13-30(6)22(28(21,4)12-11-23(26)33)8-7-20-24-19(27(3)15-16-27)9-14-31(24,25(32)34)18-17-29(20,30)5/h19-24,33H,7-18H2,1-6H3/t19?,20-,21+,22-,23?,24-,28+,29-,30-,31?/m1/s1. The maximum Gasteiger partial charge on any atom is 0.228 e. The van der Waals surface area contributed by atoms with Crippen LogP contribution in [0.5, 0.6) is 0 Å². The second-order valence-corrected chi connectivity index (χ2v) is 16.1. The monoisotopic (exact) mass is 488 g/mol. The molecule has 0 spiro atoms. The van der Waals surface area contributed by atoms with Gasteiger partial charge in [-0.1, -0.05) is 41.5 Å². The lowest BCUT2D eigenvalue weighted by Gasteiger charge is -2.72. The number of carbonyl (C=O) groups is 1. The predicted molar refractivity (Wildman–Crippen MR) is 138 cm³/mol. The lowest BCUT2D eigenvalue weighted by Crippen LogP contribution is -2.67. The van der Waals surface area contributed by atoms with E-state index in [-0.39, 0.29) is 22.2 Å². The Balaban J connectivity index is 1.41. The van der Waals surface area contributed by atoms with Gasteiger partial charge in [0, 0.05) is 5.41 Å². The van der Waals surface area contributed by atoms with Gasteiger partial charge in [0.05, 0.1) is 6.10 Å². The second kappa shape index (κ2) is 7.06. The van der Waals surface area contributed by atoms with Gasteiger partial charge in [-0.2, -0.15) is 0 Å². The van der Waals surface area contributed by atoms with Gasteiger partial charge in [-0.3, -0.25) is 4.79 Å². The molecule has 1 N–H and O–H groups in total. The van der Waals surface area contributed by atoms with Crippen LogP contribution in [0, 0.1) is 62.1 Å². The van der Waals surface area contributed by atoms with E-state index in [2.05, 4.69) is 41.5 Å². The molecule has 0 bridgehead atoms. The molecule has 0 heterocycles. The van der Waals surface area contributed by atoms with Crippen molar-refractivity contribution in [1.82, 2.24) is 0 Å². The van der Waals surface area contributed by atoms with Gasteiger partial charge in [0.25, 0.3) is 0 Å². The molecule has 6 aliphatic rings. The van der Waals surface area contributed by atoms with E-state index < -0.39 is 0 Å². The van der Waals surface area contributed by atoms with Gasteiger partial charge in [0.15, 0.2) is 0 Å². The summed E-state index contributed by atoms with van der Waals surface area (Å²) in [5.74, 6) is 3.16. The van der Waals surface area contributed by atoms with E-state index >= 15 is 0 Å². The van der Waals surface area contributed by atoms with Crippen LogP contribution >= 0.6 is 11.6 Å². The van der Waals surface area contributed by atoms with Gasteiger partial charge < -0.3 is 5.11 Å². The zero-order valence-electron chi connectivity index (χ0n) is 22.7. The molecule has 2 nitrogen and oxygen atoms in total. The molecule has 6 aliphatic carbocycles. The molecule has 192 valence electrons. The van der Waals surface area contributed by atoms with Gasteiger partial charge in [-0.05, 0) is 145 Å². The number of hydrogen-bond donors (Lipinski definition) is 1. The number of aliphatic hydroxyl groups excluding tert-OH is 1. The van der Waals surface area contributed by atoms with Crippen molar-refractivity contribution in [3.8, 4) is 0 Å². The number of hydrogen-bond acceptors (Lipinski definition) is 2. The first kappa shape index (κ1) is 24.3. The Hall–Kier alpha value is -0.0800. The van der Waals surface area contributed by atoms with Gasteiger partial charge >= 0.3 is 0 Å². The first-order chi connectivity index (χ1) is 15.8. The molecule has 0 amide bonds. The minimum absolute atomic E-state index is 0.00253. The van der Waals surface area contributed by atoms with Crippen molar-refractivity contribution >= 4 is 16.8 Å². The van der Waals surface area contributed by atoms with Crippen molar-refractivity contribution in [2.75, 3.05) is 0 Å². The highest BCUT2D eigenvalue weighted by atomic mass is 35.5. The van der Waals surface area contributed by atoms with Crippen molar-refractivity contribution in [2.24, 2.45) is 62.1 Å². The molecule has 6 fully saturated rings. The summed E-state index contributed by atoms with van der Waals surface area (Å²) in [4.78, 5) is 13.1. The van der Waals surface area contributed by atoms with Gasteiger partial charge in [0.2, 0.25) is 5.24 Å². The summed E-state index contributed by atoms with van der Waals surface area (Å²) in [5.41, 5.74) is 1.15. The average molecular weight is 489 g/mol. The number of fused-ring (bicyclic) bond motifs is 7. The van der Waals surface area contributed by atoms with Crippen LogP contribution in [0.4, 0.5) is 0 Å². The van der Waals surface area contributed by atoms with Gasteiger partial charge in [0.1, 0.15) is 0 Å². The van der Waals surface area contributed by atoms with Crippen LogP contribution in [0.2, 0.25) is 0 Å². The summed E-state index contributed by atoms with van der Waals surface area (Å²) in [7, 11) is 0. The summed E-state index contributed by atoms with van der Waals surface area (Å²) in [6.07, 6.45) is 14.3. The Morgan fingerprint density at radius 2 is 1.41 bits per heavy atom. The van der Waals surface area contributed by atoms with E-state index in [1.807, 2.05) is 0 Å². The maximum absolute atomic E-state index is 13.1. The first-order valence-corrected chi connectivity index (χ1v) is 15.0. The van der Waals surface area contributed by atoms with Crippen LogP contribution in [0.15, 0.2) is 0 Å². The molecular weight excluding hydrogens is 440 g/mol. The highest BCUT2D eigenvalue weighted by Gasteiger charge is 2.73. The Morgan fingerprint density at radius 3 is 2.06 bits per heavy atom. The molecule has 10 atom stereocenters. The normalized spacial score (nSPS) is 57.1. The number of carbonyl (C=O) groups excluding carboxylic acids is 1. The molecule has 3 unspecified atom stereocenters. The number of halogens is 1. The Labute approximate surface area is 213 Å². The summed E-state index contributed by atoms with van der Waals surface area (Å²) in [6.45, 7) is 15.1. The first-order valence-electron chi connectivity index (χ1n) is 14.6. The second-order valence-electron chi connectivity index (χ2n) is 15.8. The topological polar surface area (TPSA) is 37.3 Å². The van der Waals surface area contributed by atoms with Gasteiger partial charge in [-0.15, -0.1) is 0 Å². The van der Waals surface area contributed by atoms with E-state index in [4.69, 9.17) is 11.6 Å². The zero-order valence-corrected chi connectivity index (χ0v) is 23.4. The fourth-order valence-corrected chi connectivity index (χ4v) is 12.6. The molecule has 0 saturated heterocycles. The minimum Gasteiger partial charge on any atom is -0.393 e. The molecule has 34 heavy (non-hydrogen) atoms. The molecule has 0 radical (unpaired) electrons. The van der Waals surface area contributed by atoms with Crippen LogP contribution in [-0.4, -0.2) is 16.5 Å². The van der Waals surface area contributed by atoms with Crippen molar-refractivity contribution in [1.29, 1.82) is 0 Å². The average Bonchev–Trinajstić information content (AvgIpc) is 3.37. The number of rotatable bonds is 2. The molecule has 3 heteroatoms. The molecule has 6 rings (SSSR count). The van der Waals surface area contributed by atoms with Crippen molar-refractivity contribution in [2.45, 2.75) is 125 Å². The zero-order chi connectivity index (χ0) is 24.5. The van der Waals surface area contributed by atoms with E-state index in [9.17, 15) is 9.90 Å². The smallest absolute Gasteiger partial charge is 0.228 e. The maximum atomic E-state index is 13.1. The predicted octanol–water partition coefficient (Wildman–Crippen LogP) is 7.99. The summed E-state index contributed by atoms with van der Waals surface area (Å²) in [6, 6.07) is 0. The molecule has 0 aromatic carbocycles. The van der Waals surface area contributed by atoms with Crippen molar-refractivity contribution in [3.63, 3.8) is 0 Å².